The number of sulfone groups is 1. The summed E-state index contributed by atoms with van der Waals surface area (Å²) in [6.45, 7) is 5.70. The molecule has 0 radical (unpaired) electrons. The van der Waals surface area contributed by atoms with Gasteiger partial charge in [0, 0.05) is 19.3 Å². The Bertz CT molecular complexity index is 429. The van der Waals surface area contributed by atoms with E-state index in [1.807, 2.05) is 0 Å². The first-order valence-electron chi connectivity index (χ1n) is 7.94. The van der Waals surface area contributed by atoms with Crippen LogP contribution in [0.2, 0.25) is 0 Å². The maximum atomic E-state index is 11.8. The zero-order valence-electron chi connectivity index (χ0n) is 13.1. The van der Waals surface area contributed by atoms with Crippen molar-refractivity contribution in [2.75, 3.05) is 32.5 Å². The van der Waals surface area contributed by atoms with Crippen molar-refractivity contribution >= 4 is 9.84 Å². The number of likely N-dealkylation sites (N-methyl/N-ethyl adjacent to an activating group) is 1. The van der Waals surface area contributed by atoms with Crippen LogP contribution < -0.4 is 11.3 Å². The lowest BCUT2D eigenvalue weighted by molar-refractivity contribution is -0.0579. The number of hydrazine groups is 1. The highest BCUT2D eigenvalue weighted by atomic mass is 32.2. The van der Waals surface area contributed by atoms with Gasteiger partial charge in [-0.25, -0.2) is 8.42 Å². The van der Waals surface area contributed by atoms with Crippen molar-refractivity contribution < 1.29 is 13.2 Å². The zero-order chi connectivity index (χ0) is 15.5. The summed E-state index contributed by atoms with van der Waals surface area (Å²) in [7, 11) is -2.97. The van der Waals surface area contributed by atoms with Crippen LogP contribution in [-0.4, -0.2) is 63.2 Å². The van der Waals surface area contributed by atoms with Gasteiger partial charge in [0.1, 0.15) is 9.84 Å². The first-order chi connectivity index (χ1) is 9.95. The molecular weight excluding hydrogens is 290 g/mol. The maximum absolute atomic E-state index is 11.8. The summed E-state index contributed by atoms with van der Waals surface area (Å²) in [4.78, 5) is 2.36. The molecule has 6 nitrogen and oxygen atoms in total. The molecule has 2 aliphatic rings. The van der Waals surface area contributed by atoms with Crippen LogP contribution in [0.5, 0.6) is 0 Å². The van der Waals surface area contributed by atoms with E-state index in [2.05, 4.69) is 17.2 Å². The van der Waals surface area contributed by atoms with Crippen LogP contribution >= 0.6 is 0 Å². The van der Waals surface area contributed by atoms with Crippen molar-refractivity contribution in [1.29, 1.82) is 0 Å². The molecule has 1 saturated carbocycles. The number of nitrogens with one attached hydrogen (secondary N) is 1. The van der Waals surface area contributed by atoms with Crippen LogP contribution in [-0.2, 0) is 14.6 Å². The van der Waals surface area contributed by atoms with Gasteiger partial charge < -0.3 is 4.74 Å². The molecule has 0 spiro atoms. The zero-order valence-corrected chi connectivity index (χ0v) is 13.9. The van der Waals surface area contributed by atoms with Gasteiger partial charge in [-0.05, 0) is 31.7 Å². The van der Waals surface area contributed by atoms with Crippen LogP contribution in [0.25, 0.3) is 0 Å². The number of hydrogen-bond donors (Lipinski definition) is 2. The number of nitrogens with zero attached hydrogens (tertiary/aromatic N) is 1. The topological polar surface area (TPSA) is 84.7 Å². The van der Waals surface area contributed by atoms with E-state index in [1.165, 1.54) is 6.26 Å². The first-order valence-corrected chi connectivity index (χ1v) is 9.90. The summed E-state index contributed by atoms with van der Waals surface area (Å²) in [5.41, 5.74) is 2.91. The number of morpholine rings is 1. The summed E-state index contributed by atoms with van der Waals surface area (Å²) in [6.07, 6.45) is 4.84. The van der Waals surface area contributed by atoms with Gasteiger partial charge in [0.15, 0.2) is 0 Å². The van der Waals surface area contributed by atoms with Crippen LogP contribution in [0.3, 0.4) is 0 Å². The lowest BCUT2D eigenvalue weighted by atomic mass is 9.81. The van der Waals surface area contributed by atoms with Crippen LogP contribution in [0.15, 0.2) is 0 Å². The fourth-order valence-corrected chi connectivity index (χ4v) is 4.87. The highest BCUT2D eigenvalue weighted by Crippen LogP contribution is 2.32. The summed E-state index contributed by atoms with van der Waals surface area (Å²) >= 11 is 0. The van der Waals surface area contributed by atoms with E-state index in [9.17, 15) is 8.42 Å². The second-order valence-electron chi connectivity index (χ2n) is 6.37. The standard InChI is InChI=1S/C14H29N3O3S/c1-3-17-7-8-20-13(10-17)14(16-15)11-5-4-6-12(9-11)21(2,18)19/h11-14,16H,3-10,15H2,1-2H3. The van der Waals surface area contributed by atoms with Gasteiger partial charge in [-0.1, -0.05) is 13.3 Å². The molecule has 2 rings (SSSR count). The maximum Gasteiger partial charge on any atom is 0.150 e. The summed E-state index contributed by atoms with van der Waals surface area (Å²) in [5, 5.41) is -0.224. The minimum absolute atomic E-state index is 0.0314. The van der Waals surface area contributed by atoms with E-state index in [4.69, 9.17) is 10.6 Å². The molecule has 2 fully saturated rings. The van der Waals surface area contributed by atoms with Crippen molar-refractivity contribution in [3.63, 3.8) is 0 Å². The Hall–Kier alpha value is -0.210. The van der Waals surface area contributed by atoms with Crippen LogP contribution in [0.4, 0.5) is 0 Å². The fraction of sp³-hybridized carbons (Fsp3) is 1.00. The summed E-state index contributed by atoms with van der Waals surface area (Å²) in [5.74, 6) is 6.05. The average molecular weight is 319 g/mol. The Kier molecular flexibility index (Phi) is 6.02. The van der Waals surface area contributed by atoms with Gasteiger partial charge in [-0.15, -0.1) is 0 Å². The molecule has 124 valence electrons. The Morgan fingerprint density at radius 1 is 1.43 bits per heavy atom. The Morgan fingerprint density at radius 2 is 2.19 bits per heavy atom. The van der Waals surface area contributed by atoms with Crippen molar-refractivity contribution in [3.05, 3.63) is 0 Å². The Morgan fingerprint density at radius 3 is 2.81 bits per heavy atom. The van der Waals surface area contributed by atoms with Crippen LogP contribution in [0.1, 0.15) is 32.6 Å². The predicted octanol–water partition coefficient (Wildman–Crippen LogP) is 0.142. The molecule has 0 amide bonds. The second kappa shape index (κ2) is 7.37. The van der Waals surface area contributed by atoms with E-state index in [0.717, 1.165) is 45.5 Å². The third kappa shape index (κ3) is 4.39. The molecule has 21 heavy (non-hydrogen) atoms. The molecule has 0 aromatic carbocycles. The lowest BCUT2D eigenvalue weighted by Gasteiger charge is -2.41. The molecule has 4 atom stereocenters. The molecule has 0 aromatic heterocycles. The molecular formula is C14H29N3O3S. The van der Waals surface area contributed by atoms with Gasteiger partial charge in [-0.2, -0.15) is 0 Å². The van der Waals surface area contributed by atoms with Crippen molar-refractivity contribution in [1.82, 2.24) is 10.3 Å². The van der Waals surface area contributed by atoms with E-state index >= 15 is 0 Å². The predicted molar refractivity (Wildman–Crippen MR) is 83.6 cm³/mol. The molecule has 1 heterocycles. The Labute approximate surface area is 128 Å². The molecule has 3 N–H and O–H groups in total. The first kappa shape index (κ1) is 17.1. The largest absolute Gasteiger partial charge is 0.374 e. The summed E-state index contributed by atoms with van der Waals surface area (Å²) < 4.78 is 29.6. The normalized spacial score (nSPS) is 33.8. The van der Waals surface area contributed by atoms with Crippen molar-refractivity contribution in [3.8, 4) is 0 Å². The number of nitrogens with two attached hydrogens (primary N) is 1. The van der Waals surface area contributed by atoms with E-state index in [1.54, 1.807) is 0 Å². The minimum Gasteiger partial charge on any atom is -0.374 e. The van der Waals surface area contributed by atoms with Crippen molar-refractivity contribution in [2.24, 2.45) is 11.8 Å². The smallest absolute Gasteiger partial charge is 0.150 e. The molecule has 1 aliphatic carbocycles. The minimum atomic E-state index is -2.97. The van der Waals surface area contributed by atoms with Crippen LogP contribution in [0, 0.1) is 5.92 Å². The third-order valence-corrected chi connectivity index (χ3v) is 6.64. The fourth-order valence-electron chi connectivity index (χ4n) is 3.68. The average Bonchev–Trinajstić information content (AvgIpc) is 2.48. The number of hydrogen-bond acceptors (Lipinski definition) is 6. The Balaban J connectivity index is 2.02. The quantitative estimate of drug-likeness (QED) is 0.554. The molecule has 4 unspecified atom stereocenters. The monoisotopic (exact) mass is 319 g/mol. The highest BCUT2D eigenvalue weighted by Gasteiger charge is 2.37. The van der Waals surface area contributed by atoms with Gasteiger partial charge in [0.2, 0.25) is 0 Å². The molecule has 0 bridgehead atoms. The molecule has 7 heteroatoms. The van der Waals surface area contributed by atoms with E-state index < -0.39 is 9.84 Å². The summed E-state index contributed by atoms with van der Waals surface area (Å²) in [6, 6.07) is 0.0314. The van der Waals surface area contributed by atoms with Crippen molar-refractivity contribution in [2.45, 2.75) is 50.0 Å². The van der Waals surface area contributed by atoms with Gasteiger partial charge in [-0.3, -0.25) is 16.2 Å². The molecule has 1 saturated heterocycles. The van der Waals surface area contributed by atoms with Gasteiger partial charge in [0.25, 0.3) is 0 Å². The van der Waals surface area contributed by atoms with Gasteiger partial charge >= 0.3 is 0 Å². The molecule has 0 aromatic rings. The lowest BCUT2D eigenvalue weighted by Crippen LogP contribution is -2.57. The van der Waals surface area contributed by atoms with E-state index in [-0.39, 0.29) is 23.3 Å². The number of ether oxygens (including phenoxy) is 1. The van der Waals surface area contributed by atoms with Gasteiger partial charge in [0.05, 0.1) is 24.0 Å². The highest BCUT2D eigenvalue weighted by molar-refractivity contribution is 7.91. The second-order valence-corrected chi connectivity index (χ2v) is 8.70. The van der Waals surface area contributed by atoms with E-state index in [0.29, 0.717) is 6.42 Å². The third-order valence-electron chi connectivity index (χ3n) is 5.00. The SMILES string of the molecule is CCN1CCOC(C(NN)C2CCCC(S(C)(=O)=O)C2)C1. The number of rotatable bonds is 5. The molecule has 1 aliphatic heterocycles.